The molecule has 0 aliphatic heterocycles. The van der Waals surface area contributed by atoms with Crippen molar-refractivity contribution in [2.24, 2.45) is 22.2 Å². The maximum absolute atomic E-state index is 13.3. The summed E-state index contributed by atoms with van der Waals surface area (Å²) in [5, 5.41) is 17.4. The standard InChI is InChI=1S/C24H35N9O5S/c25-16(12-39)20(34)31-17(7-4-8-29-24(26)27)21(35)32-18(9-14-5-2-1-3-6-14)22(36)33-19(23(37)38)10-15-11-28-13-30-15/h1-3,5-6,11,13,16-19,39H,4,7-10,12,25H2,(H,28,30)(H,31,34)(H,32,35)(H,33,36)(H,37,38)(H4,26,27,29). The van der Waals surface area contributed by atoms with Crippen LogP contribution in [0.5, 0.6) is 0 Å². The number of H-pyrrole nitrogens is 1. The van der Waals surface area contributed by atoms with Gasteiger partial charge in [0.1, 0.15) is 18.1 Å². The first-order chi connectivity index (χ1) is 18.6. The number of nitrogens with one attached hydrogen (secondary N) is 4. The number of hydrogen-bond acceptors (Lipinski definition) is 8. The summed E-state index contributed by atoms with van der Waals surface area (Å²) in [6, 6.07) is 4.43. The molecule has 0 spiro atoms. The topological polar surface area (TPSA) is 244 Å². The Labute approximate surface area is 231 Å². The van der Waals surface area contributed by atoms with E-state index in [9.17, 15) is 24.3 Å². The van der Waals surface area contributed by atoms with E-state index in [1.54, 1.807) is 30.3 Å². The SMILES string of the molecule is NC(N)=NCCCC(NC(=O)C(N)CS)C(=O)NC(Cc1ccccc1)C(=O)NC(Cc1cnc[nH]1)C(=O)O. The molecule has 1 aromatic heterocycles. The molecule has 0 fully saturated rings. The van der Waals surface area contributed by atoms with Gasteiger partial charge in [-0.2, -0.15) is 12.6 Å². The summed E-state index contributed by atoms with van der Waals surface area (Å²) < 4.78 is 0. The Morgan fingerprint density at radius 1 is 0.974 bits per heavy atom. The molecule has 3 amide bonds. The zero-order chi connectivity index (χ0) is 28.8. The Bertz CT molecular complexity index is 1110. The summed E-state index contributed by atoms with van der Waals surface area (Å²) in [4.78, 5) is 61.4. The van der Waals surface area contributed by atoms with E-state index in [2.05, 4.69) is 43.5 Å². The summed E-state index contributed by atoms with van der Waals surface area (Å²) >= 11 is 4.02. The summed E-state index contributed by atoms with van der Waals surface area (Å²) in [5.74, 6) is -3.28. The van der Waals surface area contributed by atoms with Gasteiger partial charge in [0.2, 0.25) is 17.7 Å². The Kier molecular flexibility index (Phi) is 12.8. The Hall–Kier alpha value is -4.11. The number of amides is 3. The van der Waals surface area contributed by atoms with Crippen molar-refractivity contribution in [2.75, 3.05) is 12.3 Å². The number of carbonyl (C=O) groups excluding carboxylic acids is 3. The predicted molar refractivity (Wildman–Crippen MR) is 148 cm³/mol. The summed E-state index contributed by atoms with van der Waals surface area (Å²) in [6.45, 7) is 0.211. The summed E-state index contributed by atoms with van der Waals surface area (Å²) in [6.07, 6.45) is 3.36. The van der Waals surface area contributed by atoms with Gasteiger partial charge in [-0.25, -0.2) is 9.78 Å². The van der Waals surface area contributed by atoms with Crippen LogP contribution in [0.1, 0.15) is 24.1 Å². The molecule has 4 atom stereocenters. The highest BCUT2D eigenvalue weighted by molar-refractivity contribution is 7.80. The van der Waals surface area contributed by atoms with E-state index in [-0.39, 0.29) is 37.5 Å². The monoisotopic (exact) mass is 561 g/mol. The minimum atomic E-state index is -1.28. The third-order valence-electron chi connectivity index (χ3n) is 5.62. The maximum Gasteiger partial charge on any atom is 0.326 e. The summed E-state index contributed by atoms with van der Waals surface area (Å²) in [7, 11) is 0. The molecular formula is C24H35N9O5S. The van der Waals surface area contributed by atoms with E-state index in [4.69, 9.17) is 17.2 Å². The number of guanidine groups is 1. The van der Waals surface area contributed by atoms with Crippen LogP contribution in [0.25, 0.3) is 0 Å². The average molecular weight is 562 g/mol. The molecule has 11 N–H and O–H groups in total. The van der Waals surface area contributed by atoms with Crippen molar-refractivity contribution in [1.29, 1.82) is 0 Å². The van der Waals surface area contributed by atoms with E-state index >= 15 is 0 Å². The normalized spacial score (nSPS) is 13.8. The van der Waals surface area contributed by atoms with Crippen LogP contribution in [0.2, 0.25) is 0 Å². The molecule has 2 aromatic rings. The van der Waals surface area contributed by atoms with Crippen LogP contribution in [0.4, 0.5) is 0 Å². The lowest BCUT2D eigenvalue weighted by Crippen LogP contribution is -2.58. The van der Waals surface area contributed by atoms with E-state index in [0.29, 0.717) is 12.1 Å². The lowest BCUT2D eigenvalue weighted by molar-refractivity contribution is -0.142. The zero-order valence-corrected chi connectivity index (χ0v) is 22.1. The van der Waals surface area contributed by atoms with Gasteiger partial charge >= 0.3 is 5.97 Å². The van der Waals surface area contributed by atoms with Crippen molar-refractivity contribution in [3.8, 4) is 0 Å². The summed E-state index contributed by atoms with van der Waals surface area (Å²) in [5.41, 5.74) is 17.7. The molecule has 1 heterocycles. The number of benzene rings is 1. The average Bonchev–Trinajstić information content (AvgIpc) is 3.42. The van der Waals surface area contributed by atoms with Crippen LogP contribution in [-0.2, 0) is 32.0 Å². The van der Waals surface area contributed by atoms with Crippen molar-refractivity contribution >= 4 is 42.3 Å². The molecule has 0 radical (unpaired) electrons. The number of aliphatic imine (C=N–C) groups is 1. The van der Waals surface area contributed by atoms with Gasteiger partial charge < -0.3 is 43.2 Å². The smallest absolute Gasteiger partial charge is 0.326 e. The number of nitrogens with zero attached hydrogens (tertiary/aromatic N) is 2. The fraction of sp³-hybridized carbons (Fsp3) is 0.417. The Morgan fingerprint density at radius 3 is 2.21 bits per heavy atom. The molecule has 2 rings (SSSR count). The largest absolute Gasteiger partial charge is 0.480 e. The quantitative estimate of drug-likeness (QED) is 0.0477. The van der Waals surface area contributed by atoms with E-state index in [1.165, 1.54) is 12.5 Å². The van der Waals surface area contributed by atoms with Gasteiger partial charge in [-0.05, 0) is 18.4 Å². The second-order valence-electron chi connectivity index (χ2n) is 8.73. The van der Waals surface area contributed by atoms with Gasteiger partial charge in [0.25, 0.3) is 0 Å². The number of rotatable bonds is 16. The van der Waals surface area contributed by atoms with Crippen LogP contribution < -0.4 is 33.2 Å². The fourth-order valence-corrected chi connectivity index (χ4v) is 3.72. The van der Waals surface area contributed by atoms with Crippen LogP contribution in [-0.4, -0.2) is 81.2 Å². The molecule has 0 aliphatic carbocycles. The number of carboxylic acids is 1. The molecule has 14 nitrogen and oxygen atoms in total. The number of hydrogen-bond donors (Lipinski definition) is 9. The minimum Gasteiger partial charge on any atom is -0.480 e. The highest BCUT2D eigenvalue weighted by Gasteiger charge is 2.30. The number of aromatic amines is 1. The number of aromatic nitrogens is 2. The van der Waals surface area contributed by atoms with Crippen LogP contribution in [0.3, 0.4) is 0 Å². The highest BCUT2D eigenvalue weighted by atomic mass is 32.1. The van der Waals surface area contributed by atoms with Gasteiger partial charge in [-0.3, -0.25) is 19.4 Å². The second-order valence-corrected chi connectivity index (χ2v) is 9.10. The second kappa shape index (κ2) is 16.0. The van der Waals surface area contributed by atoms with E-state index in [0.717, 1.165) is 5.56 Å². The molecule has 212 valence electrons. The molecular weight excluding hydrogens is 526 g/mol. The molecule has 0 saturated carbocycles. The first kappa shape index (κ1) is 31.1. The Balaban J connectivity index is 2.23. The molecule has 1 aromatic carbocycles. The molecule has 0 saturated heterocycles. The van der Waals surface area contributed by atoms with Gasteiger partial charge in [0.15, 0.2) is 5.96 Å². The van der Waals surface area contributed by atoms with Gasteiger partial charge in [0, 0.05) is 37.0 Å². The predicted octanol–water partition coefficient (Wildman–Crippen LogP) is -1.96. The molecule has 4 unspecified atom stereocenters. The van der Waals surface area contributed by atoms with Crippen LogP contribution in [0.15, 0.2) is 47.8 Å². The Morgan fingerprint density at radius 2 is 1.62 bits per heavy atom. The first-order valence-corrected chi connectivity index (χ1v) is 12.8. The minimum absolute atomic E-state index is 0.0435. The van der Waals surface area contributed by atoms with Crippen molar-refractivity contribution in [3.05, 3.63) is 54.1 Å². The number of carbonyl (C=O) groups is 4. The van der Waals surface area contributed by atoms with Crippen molar-refractivity contribution < 1.29 is 24.3 Å². The molecule has 0 aliphatic rings. The highest BCUT2D eigenvalue weighted by Crippen LogP contribution is 2.08. The van der Waals surface area contributed by atoms with Crippen molar-refractivity contribution in [2.45, 2.75) is 49.9 Å². The van der Waals surface area contributed by atoms with Crippen molar-refractivity contribution in [3.63, 3.8) is 0 Å². The van der Waals surface area contributed by atoms with Gasteiger partial charge in [0.05, 0.1) is 12.4 Å². The molecule has 0 bridgehead atoms. The van der Waals surface area contributed by atoms with Crippen LogP contribution in [0, 0.1) is 0 Å². The molecule has 39 heavy (non-hydrogen) atoms. The fourth-order valence-electron chi connectivity index (χ4n) is 3.55. The zero-order valence-electron chi connectivity index (χ0n) is 21.2. The van der Waals surface area contributed by atoms with E-state index < -0.39 is 47.9 Å². The number of imidazole rings is 1. The number of thiol groups is 1. The number of nitrogens with two attached hydrogens (primary N) is 3. The molecule has 15 heteroatoms. The lowest BCUT2D eigenvalue weighted by Gasteiger charge is -2.25. The van der Waals surface area contributed by atoms with Gasteiger partial charge in [-0.15, -0.1) is 0 Å². The number of carboxylic acid groups (broad SMARTS) is 1. The first-order valence-electron chi connectivity index (χ1n) is 12.2. The third kappa shape index (κ3) is 11.0. The maximum atomic E-state index is 13.3. The third-order valence-corrected chi connectivity index (χ3v) is 6.01. The van der Waals surface area contributed by atoms with E-state index in [1.807, 2.05) is 0 Å². The lowest BCUT2D eigenvalue weighted by atomic mass is 10.0. The van der Waals surface area contributed by atoms with Crippen LogP contribution >= 0.6 is 12.6 Å². The number of aliphatic carboxylic acids is 1. The van der Waals surface area contributed by atoms with Crippen molar-refractivity contribution in [1.82, 2.24) is 25.9 Å². The van der Waals surface area contributed by atoms with Gasteiger partial charge in [-0.1, -0.05) is 30.3 Å².